The molecule has 0 fully saturated rings. The minimum atomic E-state index is -1.04. The molecule has 0 aliphatic rings. The SMILES string of the molecule is [C+]#CC(C)(C)O. The fourth-order valence-electron chi connectivity index (χ4n) is 0. The van der Waals surface area contributed by atoms with Crippen molar-refractivity contribution in [2.75, 3.05) is 0 Å². The Morgan fingerprint density at radius 1 is 1.67 bits per heavy atom. The molecule has 0 saturated heterocycles. The summed E-state index contributed by atoms with van der Waals surface area (Å²) in [6.07, 6.45) is 6.35. The molecule has 0 aromatic rings. The van der Waals surface area contributed by atoms with Gasteiger partial charge in [-0.05, 0) is 0 Å². The van der Waals surface area contributed by atoms with Gasteiger partial charge in [0.25, 0.3) is 0 Å². The van der Waals surface area contributed by atoms with Crippen LogP contribution in [0.3, 0.4) is 0 Å². The van der Waals surface area contributed by atoms with Crippen LogP contribution in [0.25, 0.3) is 0 Å². The quantitative estimate of drug-likeness (QED) is 0.331. The Morgan fingerprint density at radius 3 is 1.83 bits per heavy atom. The first-order valence-electron chi connectivity index (χ1n) is 1.72. The molecule has 6 heavy (non-hydrogen) atoms. The summed E-state index contributed by atoms with van der Waals surface area (Å²) in [7, 11) is 0. The molecule has 0 amide bonds. The van der Waals surface area contributed by atoms with Crippen LogP contribution in [-0.4, -0.2) is 10.7 Å². The van der Waals surface area contributed by atoms with E-state index in [2.05, 4.69) is 0 Å². The first-order chi connectivity index (χ1) is 2.56. The van der Waals surface area contributed by atoms with Crippen LogP contribution < -0.4 is 0 Å². The monoisotopic (exact) mass is 83.0 g/mol. The second-order valence-corrected chi connectivity index (χ2v) is 1.68. The van der Waals surface area contributed by atoms with Gasteiger partial charge in [-0.15, -0.1) is 0 Å². The topological polar surface area (TPSA) is 20.2 Å². The Balaban J connectivity index is 3.55. The number of aliphatic hydroxyl groups is 1. The van der Waals surface area contributed by atoms with E-state index in [9.17, 15) is 0 Å². The molecule has 1 N–H and O–H groups in total. The van der Waals surface area contributed by atoms with Crippen molar-refractivity contribution in [2.24, 2.45) is 0 Å². The van der Waals surface area contributed by atoms with Crippen LogP contribution in [0.5, 0.6) is 0 Å². The van der Waals surface area contributed by atoms with E-state index < -0.39 is 5.60 Å². The third-order valence-corrected chi connectivity index (χ3v) is 0.306. The van der Waals surface area contributed by atoms with Crippen molar-refractivity contribution < 1.29 is 5.11 Å². The van der Waals surface area contributed by atoms with Crippen LogP contribution in [0.2, 0.25) is 0 Å². The van der Waals surface area contributed by atoms with E-state index in [1.165, 1.54) is 13.8 Å². The van der Waals surface area contributed by atoms with Gasteiger partial charge in [0, 0.05) is 0 Å². The summed E-state index contributed by atoms with van der Waals surface area (Å²) in [5, 5.41) is 8.53. The van der Waals surface area contributed by atoms with Crippen molar-refractivity contribution in [2.45, 2.75) is 19.4 Å². The van der Waals surface area contributed by atoms with E-state index in [1.54, 1.807) is 0 Å². The first-order valence-corrected chi connectivity index (χ1v) is 1.72. The van der Waals surface area contributed by atoms with Crippen molar-refractivity contribution in [1.29, 1.82) is 0 Å². The van der Waals surface area contributed by atoms with Crippen LogP contribution >= 0.6 is 0 Å². The zero-order valence-electron chi connectivity index (χ0n) is 3.95. The first kappa shape index (κ1) is 5.74. The molecule has 0 radical (unpaired) electrons. The molecule has 0 aliphatic carbocycles. The molecule has 0 rings (SSSR count). The molecule has 0 aromatic carbocycles. The van der Waals surface area contributed by atoms with Crippen LogP contribution in [0.15, 0.2) is 0 Å². The van der Waals surface area contributed by atoms with Crippen LogP contribution in [0.4, 0.5) is 0 Å². The zero-order valence-corrected chi connectivity index (χ0v) is 3.95. The van der Waals surface area contributed by atoms with Gasteiger partial charge >= 0.3 is 36.9 Å². The molecule has 32 valence electrons. The molecule has 0 spiro atoms. The van der Waals surface area contributed by atoms with Gasteiger partial charge in [-0.2, -0.15) is 0 Å². The summed E-state index contributed by atoms with van der Waals surface area (Å²) in [6, 6.07) is 0. The van der Waals surface area contributed by atoms with Gasteiger partial charge < -0.3 is 0 Å². The molecule has 0 bridgehead atoms. The Kier molecular flexibility index (Phi) is 1.40. The predicted octanol–water partition coefficient (Wildman–Crippen LogP) is 0.347. The minimum absolute atomic E-state index is 1.04. The molecular formula is C5H7O+. The zero-order chi connectivity index (χ0) is 5.21. The van der Waals surface area contributed by atoms with Crippen LogP contribution in [-0.2, 0) is 0 Å². The van der Waals surface area contributed by atoms with E-state index in [0.717, 1.165) is 0 Å². The molecule has 1 nitrogen and oxygen atoms in total. The van der Waals surface area contributed by atoms with Crippen LogP contribution in [0.1, 0.15) is 13.8 Å². The average molecular weight is 83.1 g/mol. The van der Waals surface area contributed by atoms with E-state index in [-0.39, 0.29) is 0 Å². The average Bonchev–Trinajstić information content (AvgIpc) is 1.35. The van der Waals surface area contributed by atoms with Crippen molar-refractivity contribution >= 4 is 0 Å². The van der Waals surface area contributed by atoms with Gasteiger partial charge in [0.15, 0.2) is 0 Å². The summed E-state index contributed by atoms with van der Waals surface area (Å²) in [5.41, 5.74) is -1.04. The summed E-state index contributed by atoms with van der Waals surface area (Å²) in [6.45, 7) is 3.00. The van der Waals surface area contributed by atoms with Gasteiger partial charge in [-0.25, -0.2) is 0 Å². The molecular weight excluding hydrogens is 76.1 g/mol. The molecule has 0 saturated carbocycles. The Hall–Kier alpha value is -0.260. The summed E-state index contributed by atoms with van der Waals surface area (Å²) in [5.74, 6) is 1.91. The molecule has 0 aromatic heterocycles. The van der Waals surface area contributed by atoms with E-state index in [1.807, 2.05) is 5.92 Å². The summed E-state index contributed by atoms with van der Waals surface area (Å²) in [4.78, 5) is 0. The van der Waals surface area contributed by atoms with Gasteiger partial charge in [-0.3, -0.25) is 0 Å². The van der Waals surface area contributed by atoms with Gasteiger partial charge in [0.1, 0.15) is 0 Å². The number of hydrogen-bond donors (Lipinski definition) is 1. The Morgan fingerprint density at radius 2 is 1.83 bits per heavy atom. The maximum absolute atomic E-state index is 8.53. The standard InChI is InChI=1S/C5H7O/c1-4-5(2,3)6/h6H,2-3H3/q+1. The van der Waals surface area contributed by atoms with E-state index in [4.69, 9.17) is 11.5 Å². The predicted molar refractivity (Wildman–Crippen MR) is 23.4 cm³/mol. The number of rotatable bonds is 0. The molecule has 0 aliphatic heterocycles. The Bertz CT molecular complexity index is 70.9. The van der Waals surface area contributed by atoms with Crippen molar-refractivity contribution in [3.63, 3.8) is 0 Å². The molecule has 0 atom stereocenters. The van der Waals surface area contributed by atoms with Gasteiger partial charge in [-0.1, -0.05) is 0 Å². The fourth-order valence-corrected chi connectivity index (χ4v) is 0. The maximum atomic E-state index is 8.53. The normalized spacial score (nSPS) is 10.8. The van der Waals surface area contributed by atoms with Crippen molar-refractivity contribution in [3.05, 3.63) is 6.42 Å². The van der Waals surface area contributed by atoms with Gasteiger partial charge in [0.2, 0.25) is 0 Å². The third-order valence-electron chi connectivity index (χ3n) is 0.306. The van der Waals surface area contributed by atoms with Gasteiger partial charge in [0.05, 0.1) is 0 Å². The van der Waals surface area contributed by atoms with Crippen molar-refractivity contribution in [1.82, 2.24) is 0 Å². The molecule has 0 unspecified atom stereocenters. The second-order valence-electron chi connectivity index (χ2n) is 1.68. The molecule has 0 heterocycles. The van der Waals surface area contributed by atoms with E-state index >= 15 is 0 Å². The van der Waals surface area contributed by atoms with Crippen LogP contribution in [0, 0.1) is 12.3 Å². The second kappa shape index (κ2) is 1.46. The fraction of sp³-hybridized carbons (Fsp3) is 0.600. The van der Waals surface area contributed by atoms with Crippen molar-refractivity contribution in [3.8, 4) is 5.92 Å². The molecule has 1 heteroatoms. The third kappa shape index (κ3) is 3.74. The van der Waals surface area contributed by atoms with E-state index in [0.29, 0.717) is 0 Å². The summed E-state index contributed by atoms with van der Waals surface area (Å²) >= 11 is 0. The summed E-state index contributed by atoms with van der Waals surface area (Å²) < 4.78 is 0. The Labute approximate surface area is 38.0 Å². The number of hydrogen-bond acceptors (Lipinski definition) is 1.